The fraction of sp³-hybridized carbons (Fsp3) is 0. The number of hydrogen-bond acceptors (Lipinski definition) is 3. The first-order chi connectivity index (χ1) is 5.74. The van der Waals surface area contributed by atoms with E-state index < -0.39 is 5.91 Å². The lowest BCUT2D eigenvalue weighted by atomic mass is 9.95. The second-order valence-corrected chi connectivity index (χ2v) is 2.17. The van der Waals surface area contributed by atoms with Gasteiger partial charge in [-0.25, -0.2) is 5.43 Å². The highest BCUT2D eigenvalue weighted by molar-refractivity contribution is 6.32. The van der Waals surface area contributed by atoms with Crippen molar-refractivity contribution in [2.75, 3.05) is 0 Å². The molecule has 0 aromatic heterocycles. The smallest absolute Gasteiger partial charge is 0.267 e. The maximum absolute atomic E-state index is 11.0. The fourth-order valence-corrected chi connectivity index (χ4v) is 0.750. The summed E-state index contributed by atoms with van der Waals surface area (Å²) in [6, 6.07) is 6.35. The van der Waals surface area contributed by atoms with Crippen LogP contribution in [-0.2, 0) is 0 Å². The van der Waals surface area contributed by atoms with Crippen molar-refractivity contribution in [1.29, 1.82) is 5.53 Å². The van der Waals surface area contributed by atoms with Crippen LogP contribution in [0, 0.1) is 5.53 Å². The van der Waals surface area contributed by atoms with Crippen LogP contribution in [0.25, 0.3) is 0 Å². The molecule has 1 aromatic carbocycles. The Bertz CT molecular complexity index is 296. The van der Waals surface area contributed by atoms with Gasteiger partial charge in [-0.1, -0.05) is 22.8 Å². The second kappa shape index (κ2) is 3.66. The van der Waals surface area contributed by atoms with Crippen LogP contribution in [0.15, 0.2) is 29.5 Å². The van der Waals surface area contributed by atoms with Crippen LogP contribution in [0.1, 0.15) is 10.4 Å². The molecule has 0 bridgehead atoms. The van der Waals surface area contributed by atoms with Gasteiger partial charge < -0.3 is 0 Å². The molecule has 0 saturated carbocycles. The Morgan fingerprint density at radius 1 is 1.42 bits per heavy atom. The van der Waals surface area contributed by atoms with Gasteiger partial charge in [-0.3, -0.25) is 4.79 Å². The van der Waals surface area contributed by atoms with Crippen LogP contribution in [0.4, 0.5) is 0 Å². The highest BCUT2D eigenvalue weighted by Crippen LogP contribution is 1.95. The van der Waals surface area contributed by atoms with E-state index in [1.54, 1.807) is 24.3 Å². The minimum absolute atomic E-state index is 0.412. The third-order valence-corrected chi connectivity index (χ3v) is 1.33. The van der Waals surface area contributed by atoms with Gasteiger partial charge in [-0.05, 0) is 12.1 Å². The largest absolute Gasteiger partial charge is 0.272 e. The number of benzene rings is 1. The summed E-state index contributed by atoms with van der Waals surface area (Å²) >= 11 is 0. The van der Waals surface area contributed by atoms with Gasteiger partial charge in [0.2, 0.25) is 0 Å². The van der Waals surface area contributed by atoms with E-state index >= 15 is 0 Å². The van der Waals surface area contributed by atoms with Crippen molar-refractivity contribution >= 4 is 19.2 Å². The molecule has 0 heterocycles. The second-order valence-electron chi connectivity index (χ2n) is 2.17. The summed E-state index contributed by atoms with van der Waals surface area (Å²) in [4.78, 5) is 11.0. The SMILES string of the molecule is [B]c1ccc(C(=O)NN=N)cc1. The Morgan fingerprint density at radius 3 is 2.50 bits per heavy atom. The lowest BCUT2D eigenvalue weighted by Crippen LogP contribution is -2.17. The van der Waals surface area contributed by atoms with Gasteiger partial charge in [0.25, 0.3) is 5.91 Å². The highest BCUT2D eigenvalue weighted by atomic mass is 16.2. The zero-order chi connectivity index (χ0) is 8.97. The molecule has 4 nitrogen and oxygen atoms in total. The van der Waals surface area contributed by atoms with Gasteiger partial charge in [0.05, 0.1) is 0 Å². The predicted octanol–water partition coefficient (Wildman–Crippen LogP) is 0.156. The first-order valence-electron chi connectivity index (χ1n) is 3.26. The molecule has 0 fully saturated rings. The summed E-state index contributed by atoms with van der Waals surface area (Å²) in [7, 11) is 5.41. The van der Waals surface area contributed by atoms with Gasteiger partial charge in [-0.2, -0.15) is 5.53 Å². The van der Waals surface area contributed by atoms with Gasteiger partial charge in [0.1, 0.15) is 7.85 Å². The molecule has 0 unspecified atom stereocenters. The molecule has 0 aliphatic heterocycles. The first-order valence-corrected chi connectivity index (χ1v) is 3.26. The van der Waals surface area contributed by atoms with Crippen LogP contribution in [0.2, 0.25) is 0 Å². The van der Waals surface area contributed by atoms with Crippen molar-refractivity contribution < 1.29 is 4.79 Å². The van der Waals surface area contributed by atoms with Crippen molar-refractivity contribution in [3.05, 3.63) is 29.8 Å². The molecule has 5 heteroatoms. The predicted molar refractivity (Wildman–Crippen MR) is 44.4 cm³/mol. The lowest BCUT2D eigenvalue weighted by Gasteiger charge is -1.97. The third kappa shape index (κ3) is 1.92. The molecular weight excluding hydrogens is 153 g/mol. The molecule has 1 amide bonds. The molecule has 2 radical (unpaired) electrons. The molecule has 0 spiro atoms. The van der Waals surface area contributed by atoms with Crippen LogP contribution in [0.5, 0.6) is 0 Å². The maximum atomic E-state index is 11.0. The van der Waals surface area contributed by atoms with Crippen molar-refractivity contribution in [3.63, 3.8) is 0 Å². The number of nitrogens with zero attached hydrogens (tertiary/aromatic N) is 1. The zero-order valence-corrected chi connectivity index (χ0v) is 6.24. The average Bonchev–Trinajstić information content (AvgIpc) is 2.06. The van der Waals surface area contributed by atoms with Crippen LogP contribution in [-0.4, -0.2) is 13.8 Å². The van der Waals surface area contributed by atoms with E-state index in [1.165, 1.54) is 0 Å². The molecule has 1 aromatic rings. The van der Waals surface area contributed by atoms with E-state index in [1.807, 2.05) is 5.43 Å². The Balaban J connectivity index is 2.82. The Labute approximate surface area is 70.9 Å². The quantitative estimate of drug-likeness (QED) is 0.360. The summed E-state index contributed by atoms with van der Waals surface area (Å²) in [5, 5.41) is 2.75. The summed E-state index contributed by atoms with van der Waals surface area (Å²) in [6.45, 7) is 0. The molecule has 58 valence electrons. The summed E-state index contributed by atoms with van der Waals surface area (Å²) in [5.41, 5.74) is 9.41. The number of rotatable bonds is 2. The molecular formula is C7H6BN3O. The molecule has 0 aliphatic carbocycles. The third-order valence-electron chi connectivity index (χ3n) is 1.33. The minimum atomic E-state index is -0.412. The summed E-state index contributed by atoms with van der Waals surface area (Å²) in [5.74, 6) is -0.412. The van der Waals surface area contributed by atoms with E-state index in [9.17, 15) is 4.79 Å². The lowest BCUT2D eigenvalue weighted by molar-refractivity contribution is 0.0950. The maximum Gasteiger partial charge on any atom is 0.272 e. The van der Waals surface area contributed by atoms with E-state index in [0.29, 0.717) is 11.0 Å². The standard InChI is InChI=1S/C7H6BN3O/c8-6-3-1-5(2-4-6)7(12)10-11-9/h1-4H,(H2,9,10,12). The van der Waals surface area contributed by atoms with E-state index in [4.69, 9.17) is 13.4 Å². The molecule has 0 saturated heterocycles. The Morgan fingerprint density at radius 2 is 2.00 bits per heavy atom. The summed E-state index contributed by atoms with van der Waals surface area (Å²) < 4.78 is 0. The van der Waals surface area contributed by atoms with Crippen molar-refractivity contribution in [1.82, 2.24) is 5.43 Å². The molecule has 2 N–H and O–H groups in total. The first kappa shape index (κ1) is 8.45. The monoisotopic (exact) mass is 159 g/mol. The van der Waals surface area contributed by atoms with Gasteiger partial charge >= 0.3 is 0 Å². The molecule has 0 aliphatic rings. The van der Waals surface area contributed by atoms with Crippen molar-refractivity contribution in [2.24, 2.45) is 5.22 Å². The normalized spacial score (nSPS) is 9.00. The minimum Gasteiger partial charge on any atom is -0.267 e. The number of amides is 1. The zero-order valence-electron chi connectivity index (χ0n) is 6.24. The van der Waals surface area contributed by atoms with Crippen molar-refractivity contribution in [2.45, 2.75) is 0 Å². The fourth-order valence-electron chi connectivity index (χ4n) is 0.750. The van der Waals surface area contributed by atoms with Crippen LogP contribution >= 0.6 is 0 Å². The topological polar surface area (TPSA) is 65.3 Å². The number of carbonyl (C=O) groups is 1. The average molecular weight is 159 g/mol. The highest BCUT2D eigenvalue weighted by Gasteiger charge is 2.01. The van der Waals surface area contributed by atoms with E-state index in [2.05, 4.69) is 5.22 Å². The van der Waals surface area contributed by atoms with Gasteiger partial charge in [0, 0.05) is 5.56 Å². The van der Waals surface area contributed by atoms with Crippen LogP contribution in [0.3, 0.4) is 0 Å². The Hall–Kier alpha value is -1.65. The van der Waals surface area contributed by atoms with Crippen molar-refractivity contribution in [3.8, 4) is 0 Å². The molecule has 1 rings (SSSR count). The van der Waals surface area contributed by atoms with E-state index in [0.717, 1.165) is 0 Å². The van der Waals surface area contributed by atoms with Gasteiger partial charge in [0.15, 0.2) is 0 Å². The number of nitrogens with one attached hydrogen (secondary N) is 2. The molecule has 12 heavy (non-hydrogen) atoms. The van der Waals surface area contributed by atoms with Gasteiger partial charge in [-0.15, -0.1) is 0 Å². The molecule has 0 atom stereocenters. The number of hydrogen-bond donors (Lipinski definition) is 2. The summed E-state index contributed by atoms with van der Waals surface area (Å²) in [6.07, 6.45) is 0. The number of carbonyl (C=O) groups excluding carboxylic acids is 1. The van der Waals surface area contributed by atoms with E-state index in [-0.39, 0.29) is 0 Å². The Kier molecular flexibility index (Phi) is 2.58. The van der Waals surface area contributed by atoms with Crippen LogP contribution < -0.4 is 10.9 Å².